The molecule has 0 heterocycles. The van der Waals surface area contributed by atoms with Crippen molar-refractivity contribution in [3.8, 4) is 22.6 Å². The lowest BCUT2D eigenvalue weighted by molar-refractivity contribution is 0.475. The van der Waals surface area contributed by atoms with Crippen molar-refractivity contribution in [1.29, 1.82) is 0 Å². The van der Waals surface area contributed by atoms with Gasteiger partial charge < -0.3 is 10.2 Å². The minimum Gasteiger partial charge on any atom is -0.508 e. The average molecular weight is 429 g/mol. The molecule has 0 aromatic heterocycles. The maximum absolute atomic E-state index is 10.1. The lowest BCUT2D eigenvalue weighted by Crippen LogP contribution is -2.28. The molecule has 0 bridgehead atoms. The Kier molecular flexibility index (Phi) is 4.15. The molecule has 0 spiro atoms. The molecule has 0 atom stereocenters. The molecule has 0 saturated heterocycles. The van der Waals surface area contributed by atoms with Gasteiger partial charge in [0.1, 0.15) is 11.5 Å². The first-order valence-electron chi connectivity index (χ1n) is 11.2. The topological polar surface area (TPSA) is 40.5 Å². The summed E-state index contributed by atoms with van der Waals surface area (Å²) in [6.07, 6.45) is 0. The van der Waals surface area contributed by atoms with E-state index in [2.05, 4.69) is 62.4 Å². The largest absolute Gasteiger partial charge is 0.508 e. The number of hydrogen-bond donors (Lipinski definition) is 2. The van der Waals surface area contributed by atoms with Crippen molar-refractivity contribution in [1.82, 2.24) is 0 Å². The zero-order valence-electron chi connectivity index (χ0n) is 18.6. The summed E-state index contributed by atoms with van der Waals surface area (Å²) in [6.45, 7) is 4.32. The number of benzene rings is 5. The number of phenolic OH excluding ortho intramolecular Hbond substituents is 2. The summed E-state index contributed by atoms with van der Waals surface area (Å²) in [5.41, 5.74) is 9.04. The second kappa shape index (κ2) is 6.98. The van der Waals surface area contributed by atoms with Crippen molar-refractivity contribution in [2.24, 2.45) is 0 Å². The monoisotopic (exact) mass is 428 g/mol. The Morgan fingerprint density at radius 1 is 0.515 bits per heavy atom. The lowest BCUT2D eigenvalue weighted by Gasteiger charge is -2.34. The van der Waals surface area contributed by atoms with Gasteiger partial charge in [-0.3, -0.25) is 0 Å². The van der Waals surface area contributed by atoms with Gasteiger partial charge in [0.2, 0.25) is 0 Å². The first kappa shape index (κ1) is 19.6. The number of aromatic hydroxyl groups is 2. The third-order valence-electron chi connectivity index (χ3n) is 7.22. The van der Waals surface area contributed by atoms with E-state index in [1.165, 1.54) is 44.2 Å². The third-order valence-corrected chi connectivity index (χ3v) is 7.22. The summed E-state index contributed by atoms with van der Waals surface area (Å²) >= 11 is 0. The van der Waals surface area contributed by atoms with Gasteiger partial charge in [-0.05, 0) is 106 Å². The van der Waals surface area contributed by atoms with Crippen LogP contribution in [0.4, 0.5) is 0 Å². The van der Waals surface area contributed by atoms with Crippen LogP contribution in [-0.2, 0) is 5.41 Å². The quantitative estimate of drug-likeness (QED) is 0.305. The van der Waals surface area contributed by atoms with Crippen molar-refractivity contribution in [2.75, 3.05) is 0 Å². The summed E-state index contributed by atoms with van der Waals surface area (Å²) in [5.74, 6) is 0.494. The van der Waals surface area contributed by atoms with Crippen LogP contribution in [0.2, 0.25) is 0 Å². The summed E-state index contributed by atoms with van der Waals surface area (Å²) in [7, 11) is 0. The molecule has 0 fully saturated rings. The Morgan fingerprint density at radius 2 is 0.970 bits per heavy atom. The van der Waals surface area contributed by atoms with Crippen LogP contribution in [0.25, 0.3) is 21.9 Å². The molecule has 160 valence electrons. The summed E-state index contributed by atoms with van der Waals surface area (Å²) in [6, 6.07) is 32.8. The van der Waals surface area contributed by atoms with Gasteiger partial charge in [0.15, 0.2) is 0 Å². The predicted molar refractivity (Wildman–Crippen MR) is 134 cm³/mol. The SMILES string of the molecule is Cc1cc2c(cc1C)C(c1ccc(O)cc1)(c1ccc(O)cc1)c1cc3ccccc3cc1-2. The van der Waals surface area contributed by atoms with Gasteiger partial charge in [-0.2, -0.15) is 0 Å². The van der Waals surface area contributed by atoms with E-state index >= 15 is 0 Å². The fourth-order valence-electron chi connectivity index (χ4n) is 5.48. The van der Waals surface area contributed by atoms with Crippen molar-refractivity contribution in [3.05, 3.63) is 130 Å². The maximum atomic E-state index is 10.1. The van der Waals surface area contributed by atoms with Crippen LogP contribution in [0.5, 0.6) is 11.5 Å². The van der Waals surface area contributed by atoms with Crippen molar-refractivity contribution in [2.45, 2.75) is 19.3 Å². The van der Waals surface area contributed by atoms with Gasteiger partial charge in [0, 0.05) is 0 Å². The van der Waals surface area contributed by atoms with Crippen LogP contribution in [0.15, 0.2) is 97.1 Å². The number of fused-ring (bicyclic) bond motifs is 4. The molecule has 0 amide bonds. The van der Waals surface area contributed by atoms with E-state index in [0.29, 0.717) is 0 Å². The zero-order valence-corrected chi connectivity index (χ0v) is 18.6. The van der Waals surface area contributed by atoms with E-state index in [0.717, 1.165) is 11.1 Å². The Bertz CT molecular complexity index is 1480. The predicted octanol–water partition coefficient (Wildman–Crippen LogP) is 7.23. The fourth-order valence-corrected chi connectivity index (χ4v) is 5.48. The van der Waals surface area contributed by atoms with E-state index in [-0.39, 0.29) is 11.5 Å². The highest BCUT2D eigenvalue weighted by Crippen LogP contribution is 2.57. The van der Waals surface area contributed by atoms with Gasteiger partial charge in [-0.1, -0.05) is 60.7 Å². The van der Waals surface area contributed by atoms with E-state index in [1.54, 1.807) is 24.3 Å². The molecule has 0 radical (unpaired) electrons. The molecular weight excluding hydrogens is 404 g/mol. The molecule has 6 rings (SSSR count). The second-order valence-electron chi connectivity index (χ2n) is 9.07. The highest BCUT2D eigenvalue weighted by molar-refractivity contribution is 5.96. The van der Waals surface area contributed by atoms with Gasteiger partial charge >= 0.3 is 0 Å². The molecular formula is C31H24O2. The second-order valence-corrected chi connectivity index (χ2v) is 9.07. The minimum absolute atomic E-state index is 0.247. The molecule has 33 heavy (non-hydrogen) atoms. The highest BCUT2D eigenvalue weighted by atomic mass is 16.3. The first-order chi connectivity index (χ1) is 16.0. The van der Waals surface area contributed by atoms with Gasteiger partial charge in [-0.25, -0.2) is 0 Å². The molecule has 2 N–H and O–H groups in total. The minimum atomic E-state index is -0.561. The van der Waals surface area contributed by atoms with Crippen LogP contribution in [0, 0.1) is 13.8 Å². The van der Waals surface area contributed by atoms with Crippen LogP contribution >= 0.6 is 0 Å². The smallest absolute Gasteiger partial charge is 0.115 e. The van der Waals surface area contributed by atoms with Crippen LogP contribution in [0.3, 0.4) is 0 Å². The molecule has 1 aliphatic carbocycles. The normalized spacial score (nSPS) is 13.6. The summed E-state index contributed by atoms with van der Waals surface area (Å²) in [4.78, 5) is 0. The maximum Gasteiger partial charge on any atom is 0.115 e. The highest BCUT2D eigenvalue weighted by Gasteiger charge is 2.46. The van der Waals surface area contributed by atoms with Crippen LogP contribution < -0.4 is 0 Å². The number of aryl methyl sites for hydroxylation is 2. The third kappa shape index (κ3) is 2.74. The fraction of sp³-hybridized carbons (Fsp3) is 0.0968. The van der Waals surface area contributed by atoms with Crippen molar-refractivity contribution in [3.63, 3.8) is 0 Å². The standard InChI is InChI=1S/C31H24O2/c1-19-15-27-28-17-21-5-3-4-6-22(21)18-30(28)31(29(27)16-20(19)2,23-7-11-25(32)12-8-23)24-9-13-26(33)14-10-24/h3-18,32-33H,1-2H3. The Labute approximate surface area is 193 Å². The van der Waals surface area contributed by atoms with Crippen molar-refractivity contribution < 1.29 is 10.2 Å². The lowest BCUT2D eigenvalue weighted by atomic mass is 9.67. The van der Waals surface area contributed by atoms with E-state index < -0.39 is 5.41 Å². The Hall–Kier alpha value is -4.04. The average Bonchev–Trinajstić information content (AvgIpc) is 3.08. The van der Waals surface area contributed by atoms with Crippen LogP contribution in [-0.4, -0.2) is 10.2 Å². The van der Waals surface area contributed by atoms with Gasteiger partial charge in [0.25, 0.3) is 0 Å². The first-order valence-corrected chi connectivity index (χ1v) is 11.2. The Morgan fingerprint density at radius 3 is 1.55 bits per heavy atom. The van der Waals surface area contributed by atoms with Crippen molar-refractivity contribution >= 4 is 10.8 Å². The number of hydrogen-bond acceptors (Lipinski definition) is 2. The van der Waals surface area contributed by atoms with Gasteiger partial charge in [0.05, 0.1) is 5.41 Å². The number of rotatable bonds is 2. The van der Waals surface area contributed by atoms with E-state index in [4.69, 9.17) is 0 Å². The van der Waals surface area contributed by atoms with E-state index in [9.17, 15) is 10.2 Å². The molecule has 0 aliphatic heterocycles. The van der Waals surface area contributed by atoms with Gasteiger partial charge in [-0.15, -0.1) is 0 Å². The molecule has 2 heteroatoms. The Balaban J connectivity index is 1.83. The molecule has 0 saturated carbocycles. The zero-order chi connectivity index (χ0) is 22.7. The molecule has 0 unspecified atom stereocenters. The summed E-state index contributed by atoms with van der Waals surface area (Å²) < 4.78 is 0. The van der Waals surface area contributed by atoms with Crippen LogP contribution in [0.1, 0.15) is 33.4 Å². The van der Waals surface area contributed by atoms with E-state index in [1.807, 2.05) is 24.3 Å². The molecule has 2 nitrogen and oxygen atoms in total. The molecule has 5 aromatic rings. The molecule has 5 aromatic carbocycles. The number of phenols is 2. The molecule has 1 aliphatic rings. The summed E-state index contributed by atoms with van der Waals surface area (Å²) in [5, 5.41) is 22.5.